The third-order valence-corrected chi connectivity index (χ3v) is 10.7. The van der Waals surface area contributed by atoms with Crippen LogP contribution >= 0.6 is 0 Å². The van der Waals surface area contributed by atoms with Gasteiger partial charge < -0.3 is 9.32 Å². The first-order chi connectivity index (χ1) is 27.7. The number of nitrogens with zero attached hydrogens (tertiary/aromatic N) is 1. The molecule has 0 saturated heterocycles. The predicted octanol–water partition coefficient (Wildman–Crippen LogP) is 15.4. The molecule has 0 atom stereocenters. The fourth-order valence-corrected chi connectivity index (χ4v) is 7.82. The van der Waals surface area contributed by atoms with Gasteiger partial charge in [-0.05, 0) is 110 Å². The predicted molar refractivity (Wildman–Crippen MR) is 236 cm³/mol. The third kappa shape index (κ3) is 6.34. The molecule has 0 bridgehead atoms. The number of para-hydroxylation sites is 2. The van der Waals surface area contributed by atoms with Gasteiger partial charge in [0.1, 0.15) is 11.2 Å². The van der Waals surface area contributed by atoms with E-state index in [0.717, 1.165) is 50.1 Å². The van der Waals surface area contributed by atoms with Crippen molar-refractivity contribution < 1.29 is 4.42 Å². The van der Waals surface area contributed by atoms with Gasteiger partial charge in [0.25, 0.3) is 0 Å². The van der Waals surface area contributed by atoms with E-state index in [9.17, 15) is 0 Å². The molecule has 1 aromatic heterocycles. The lowest BCUT2D eigenvalue weighted by atomic mass is 9.92. The second-order valence-electron chi connectivity index (χ2n) is 14.1. The molecule has 0 radical (unpaired) electrons. The van der Waals surface area contributed by atoms with Crippen molar-refractivity contribution >= 4 is 39.0 Å². The topological polar surface area (TPSA) is 16.4 Å². The van der Waals surface area contributed by atoms with Crippen LogP contribution in [-0.2, 0) is 0 Å². The Morgan fingerprint density at radius 3 is 1.14 bits per heavy atom. The average Bonchev–Trinajstić information content (AvgIpc) is 3.65. The summed E-state index contributed by atoms with van der Waals surface area (Å²) in [5.74, 6) is 0. The molecule has 0 aliphatic heterocycles. The van der Waals surface area contributed by atoms with E-state index in [0.29, 0.717) is 0 Å². The maximum Gasteiger partial charge on any atom is 0.136 e. The van der Waals surface area contributed by atoms with E-state index in [1.165, 1.54) is 44.5 Å². The summed E-state index contributed by atoms with van der Waals surface area (Å²) in [6.07, 6.45) is 0. The highest BCUT2D eigenvalue weighted by Gasteiger charge is 2.16. The fourth-order valence-electron chi connectivity index (χ4n) is 7.82. The summed E-state index contributed by atoms with van der Waals surface area (Å²) in [4.78, 5) is 2.31. The number of hydrogen-bond acceptors (Lipinski definition) is 2. The van der Waals surface area contributed by atoms with E-state index in [-0.39, 0.29) is 0 Å². The molecular weight excluding hydrogens is 679 g/mol. The minimum atomic E-state index is 0.899. The van der Waals surface area contributed by atoms with E-state index in [1.54, 1.807) is 0 Å². The Hall–Kier alpha value is -7.42. The van der Waals surface area contributed by atoms with Gasteiger partial charge in [-0.15, -0.1) is 0 Å². The van der Waals surface area contributed by atoms with E-state index in [4.69, 9.17) is 4.42 Å². The van der Waals surface area contributed by atoms with Crippen molar-refractivity contribution in [3.05, 3.63) is 224 Å². The molecule has 0 aliphatic carbocycles. The zero-order chi connectivity index (χ0) is 37.3. The maximum absolute atomic E-state index is 6.33. The second-order valence-corrected chi connectivity index (χ2v) is 14.1. The van der Waals surface area contributed by atoms with Crippen LogP contribution in [0.2, 0.25) is 0 Å². The Bertz CT molecular complexity index is 2900. The van der Waals surface area contributed by atoms with Gasteiger partial charge in [0, 0.05) is 27.8 Å². The van der Waals surface area contributed by atoms with Gasteiger partial charge in [-0.25, -0.2) is 0 Å². The van der Waals surface area contributed by atoms with Crippen LogP contribution < -0.4 is 4.90 Å². The Labute approximate surface area is 327 Å². The van der Waals surface area contributed by atoms with Crippen molar-refractivity contribution in [3.63, 3.8) is 0 Å². The number of furan rings is 1. The normalized spacial score (nSPS) is 11.2. The number of anilines is 3. The summed E-state index contributed by atoms with van der Waals surface area (Å²) in [5.41, 5.74) is 17.0. The van der Waals surface area contributed by atoms with E-state index in [2.05, 4.69) is 217 Å². The molecule has 0 aliphatic rings. The molecule has 0 amide bonds. The van der Waals surface area contributed by atoms with Gasteiger partial charge in [0.05, 0.1) is 0 Å². The van der Waals surface area contributed by atoms with Crippen molar-refractivity contribution in [1.29, 1.82) is 0 Å². The monoisotopic (exact) mass is 715 g/mol. The number of hydrogen-bond donors (Lipinski definition) is 0. The second kappa shape index (κ2) is 14.4. The lowest BCUT2D eigenvalue weighted by Crippen LogP contribution is -2.09. The largest absolute Gasteiger partial charge is 0.456 e. The summed E-state index contributed by atoms with van der Waals surface area (Å²) in [7, 11) is 0. The smallest absolute Gasteiger partial charge is 0.136 e. The summed E-state index contributed by atoms with van der Waals surface area (Å²) in [6, 6.07) is 79.9. The molecule has 0 unspecified atom stereocenters. The minimum Gasteiger partial charge on any atom is -0.456 e. The van der Waals surface area contributed by atoms with Gasteiger partial charge in [0.15, 0.2) is 0 Å². The molecule has 9 aromatic carbocycles. The fraction of sp³-hybridized carbons (Fsp3) is 0. The lowest BCUT2D eigenvalue weighted by Gasteiger charge is -2.26. The van der Waals surface area contributed by atoms with Crippen molar-refractivity contribution in [2.45, 2.75) is 0 Å². The molecule has 0 fully saturated rings. The highest BCUT2D eigenvalue weighted by Crippen LogP contribution is 2.41. The Balaban J connectivity index is 0.944. The van der Waals surface area contributed by atoms with E-state index < -0.39 is 0 Å². The summed E-state index contributed by atoms with van der Waals surface area (Å²) < 4.78 is 6.33. The standard InChI is InChI=1S/C54H37NO/c1-4-12-38(13-5-1)39-20-22-40(23-21-39)42-28-32-47(33-29-42)55(46-16-8-3-9-17-46)48-34-30-43(31-35-48)41-24-26-45(27-25-41)51-37-54-52(49-18-10-11-19-53(49)56-54)36-50(51)44-14-6-2-7-15-44/h1-37H. The highest BCUT2D eigenvalue weighted by molar-refractivity contribution is 6.08. The van der Waals surface area contributed by atoms with Gasteiger partial charge in [-0.1, -0.05) is 170 Å². The van der Waals surface area contributed by atoms with Crippen LogP contribution in [-0.4, -0.2) is 0 Å². The average molecular weight is 716 g/mol. The van der Waals surface area contributed by atoms with Crippen LogP contribution in [0.4, 0.5) is 17.1 Å². The molecule has 1 heterocycles. The SMILES string of the molecule is c1ccc(-c2ccc(-c3ccc(N(c4ccccc4)c4ccc(-c5ccc(-c6cc7oc8ccccc8c7cc6-c6ccccc6)cc5)cc4)cc3)cc2)cc1. The summed E-state index contributed by atoms with van der Waals surface area (Å²) in [6.45, 7) is 0. The van der Waals surface area contributed by atoms with Gasteiger partial charge in [-0.3, -0.25) is 0 Å². The Kier molecular flexibility index (Phi) is 8.55. The molecule has 2 nitrogen and oxygen atoms in total. The van der Waals surface area contributed by atoms with Crippen molar-refractivity contribution in [2.24, 2.45) is 0 Å². The minimum absolute atomic E-state index is 0.899. The maximum atomic E-state index is 6.33. The number of benzene rings is 9. The van der Waals surface area contributed by atoms with Crippen molar-refractivity contribution in [3.8, 4) is 55.6 Å². The quantitative estimate of drug-likeness (QED) is 0.156. The summed E-state index contributed by atoms with van der Waals surface area (Å²) >= 11 is 0. The zero-order valence-corrected chi connectivity index (χ0v) is 30.7. The van der Waals surface area contributed by atoms with Crippen LogP contribution in [0.5, 0.6) is 0 Å². The van der Waals surface area contributed by atoms with Crippen LogP contribution in [0, 0.1) is 0 Å². The molecule has 10 rings (SSSR count). The van der Waals surface area contributed by atoms with Crippen LogP contribution in [0.15, 0.2) is 229 Å². The number of rotatable bonds is 8. The van der Waals surface area contributed by atoms with E-state index in [1.807, 2.05) is 12.1 Å². The highest BCUT2D eigenvalue weighted by atomic mass is 16.3. The van der Waals surface area contributed by atoms with Crippen LogP contribution in [0.25, 0.3) is 77.6 Å². The molecule has 10 aromatic rings. The third-order valence-electron chi connectivity index (χ3n) is 10.7. The van der Waals surface area contributed by atoms with Crippen LogP contribution in [0.1, 0.15) is 0 Å². The molecule has 2 heteroatoms. The first-order valence-corrected chi connectivity index (χ1v) is 19.1. The molecule has 56 heavy (non-hydrogen) atoms. The molecule has 0 spiro atoms. The van der Waals surface area contributed by atoms with Crippen molar-refractivity contribution in [2.75, 3.05) is 4.90 Å². The molecule has 0 saturated carbocycles. The van der Waals surface area contributed by atoms with Gasteiger partial charge >= 0.3 is 0 Å². The van der Waals surface area contributed by atoms with Crippen molar-refractivity contribution in [1.82, 2.24) is 0 Å². The zero-order valence-electron chi connectivity index (χ0n) is 30.7. The summed E-state index contributed by atoms with van der Waals surface area (Å²) in [5, 5.41) is 2.27. The number of fused-ring (bicyclic) bond motifs is 3. The Morgan fingerprint density at radius 2 is 0.607 bits per heavy atom. The first-order valence-electron chi connectivity index (χ1n) is 19.1. The molecule has 0 N–H and O–H groups in total. The van der Waals surface area contributed by atoms with Gasteiger partial charge in [-0.2, -0.15) is 0 Å². The lowest BCUT2D eigenvalue weighted by molar-refractivity contribution is 0.669. The van der Waals surface area contributed by atoms with E-state index >= 15 is 0 Å². The van der Waals surface area contributed by atoms with Crippen LogP contribution in [0.3, 0.4) is 0 Å². The Morgan fingerprint density at radius 1 is 0.250 bits per heavy atom. The molecular formula is C54H37NO. The van der Waals surface area contributed by atoms with Gasteiger partial charge in [0.2, 0.25) is 0 Å². The first kappa shape index (κ1) is 33.2. The molecule has 264 valence electrons.